The summed E-state index contributed by atoms with van der Waals surface area (Å²) in [6.45, 7) is 1.37. The van der Waals surface area contributed by atoms with Gasteiger partial charge in [-0.1, -0.05) is 12.1 Å². The number of carboxylic acids is 1. The zero-order valence-electron chi connectivity index (χ0n) is 10.4. The second kappa shape index (κ2) is 6.76. The van der Waals surface area contributed by atoms with Crippen molar-refractivity contribution < 1.29 is 14.7 Å². The third-order valence-electron chi connectivity index (χ3n) is 2.59. The lowest BCUT2D eigenvalue weighted by atomic mass is 10.1. The van der Waals surface area contributed by atoms with Crippen LogP contribution in [0.5, 0.6) is 0 Å². The predicted molar refractivity (Wildman–Crippen MR) is 68.2 cm³/mol. The molecule has 1 rings (SSSR count). The standard InChI is InChI=1S/C13H18N2O3/c1-15(7-3-6-12(16)17)9-10-4-2-5-11(8-10)13(14)18/h2,4-5,8H,3,6-7,9H2,1H3,(H2,14,18)(H,16,17). The van der Waals surface area contributed by atoms with Gasteiger partial charge in [-0.15, -0.1) is 0 Å². The van der Waals surface area contributed by atoms with E-state index in [9.17, 15) is 9.59 Å². The molecule has 0 aromatic heterocycles. The molecule has 0 radical (unpaired) electrons. The molecule has 0 aliphatic rings. The Kier molecular flexibility index (Phi) is 5.32. The molecule has 5 nitrogen and oxygen atoms in total. The van der Waals surface area contributed by atoms with E-state index in [4.69, 9.17) is 10.8 Å². The van der Waals surface area contributed by atoms with E-state index in [1.807, 2.05) is 18.0 Å². The fourth-order valence-electron chi connectivity index (χ4n) is 1.71. The number of primary amides is 1. The van der Waals surface area contributed by atoms with Gasteiger partial charge in [-0.25, -0.2) is 0 Å². The largest absolute Gasteiger partial charge is 0.481 e. The first kappa shape index (κ1) is 14.2. The zero-order valence-corrected chi connectivity index (χ0v) is 10.4. The van der Waals surface area contributed by atoms with Crippen LogP contribution in [0.2, 0.25) is 0 Å². The Bertz CT molecular complexity index is 432. The molecule has 0 aliphatic heterocycles. The van der Waals surface area contributed by atoms with Crippen LogP contribution in [-0.2, 0) is 11.3 Å². The number of carbonyl (C=O) groups excluding carboxylic acids is 1. The molecule has 0 saturated heterocycles. The monoisotopic (exact) mass is 250 g/mol. The molecule has 0 spiro atoms. The Balaban J connectivity index is 2.48. The Hall–Kier alpha value is -1.88. The van der Waals surface area contributed by atoms with Crippen LogP contribution in [0, 0.1) is 0 Å². The molecule has 0 unspecified atom stereocenters. The van der Waals surface area contributed by atoms with Crippen molar-refractivity contribution in [3.05, 3.63) is 35.4 Å². The Morgan fingerprint density at radius 3 is 2.72 bits per heavy atom. The molecule has 1 aromatic carbocycles. The molecule has 98 valence electrons. The highest BCUT2D eigenvalue weighted by Gasteiger charge is 2.05. The van der Waals surface area contributed by atoms with Crippen molar-refractivity contribution in [2.45, 2.75) is 19.4 Å². The van der Waals surface area contributed by atoms with Crippen LogP contribution in [-0.4, -0.2) is 35.5 Å². The maximum atomic E-state index is 11.0. The average Bonchev–Trinajstić information content (AvgIpc) is 2.28. The SMILES string of the molecule is CN(CCCC(=O)O)Cc1cccc(C(N)=O)c1. The van der Waals surface area contributed by atoms with Crippen molar-refractivity contribution in [3.8, 4) is 0 Å². The number of carbonyl (C=O) groups is 2. The van der Waals surface area contributed by atoms with Gasteiger partial charge in [0.1, 0.15) is 0 Å². The Labute approximate surface area is 106 Å². The highest BCUT2D eigenvalue weighted by molar-refractivity contribution is 5.92. The number of nitrogens with zero attached hydrogens (tertiary/aromatic N) is 1. The van der Waals surface area contributed by atoms with Gasteiger partial charge in [0.15, 0.2) is 0 Å². The zero-order chi connectivity index (χ0) is 13.5. The maximum Gasteiger partial charge on any atom is 0.303 e. The molecule has 0 bridgehead atoms. The summed E-state index contributed by atoms with van der Waals surface area (Å²) in [6, 6.07) is 7.15. The topological polar surface area (TPSA) is 83.6 Å². The quantitative estimate of drug-likeness (QED) is 0.758. The van der Waals surface area contributed by atoms with Crippen molar-refractivity contribution in [3.63, 3.8) is 0 Å². The van der Waals surface area contributed by atoms with Gasteiger partial charge in [-0.3, -0.25) is 9.59 Å². The summed E-state index contributed by atoms with van der Waals surface area (Å²) in [4.78, 5) is 23.4. The second-order valence-corrected chi connectivity index (χ2v) is 4.30. The lowest BCUT2D eigenvalue weighted by Crippen LogP contribution is -2.20. The van der Waals surface area contributed by atoms with E-state index in [1.54, 1.807) is 18.2 Å². The van der Waals surface area contributed by atoms with Crippen molar-refractivity contribution >= 4 is 11.9 Å². The van der Waals surface area contributed by atoms with E-state index < -0.39 is 11.9 Å². The number of benzene rings is 1. The Morgan fingerprint density at radius 2 is 2.11 bits per heavy atom. The van der Waals surface area contributed by atoms with Crippen LogP contribution in [0.3, 0.4) is 0 Å². The highest BCUT2D eigenvalue weighted by atomic mass is 16.4. The van der Waals surface area contributed by atoms with E-state index in [0.29, 0.717) is 25.1 Å². The molecule has 18 heavy (non-hydrogen) atoms. The lowest BCUT2D eigenvalue weighted by molar-refractivity contribution is -0.137. The first-order valence-electron chi connectivity index (χ1n) is 5.78. The van der Waals surface area contributed by atoms with Crippen molar-refractivity contribution in [1.29, 1.82) is 0 Å². The summed E-state index contributed by atoms with van der Waals surface area (Å²) in [5.74, 6) is -1.22. The summed E-state index contributed by atoms with van der Waals surface area (Å²) in [7, 11) is 1.92. The third-order valence-corrected chi connectivity index (χ3v) is 2.59. The van der Waals surface area contributed by atoms with E-state index in [-0.39, 0.29) is 6.42 Å². The lowest BCUT2D eigenvalue weighted by Gasteiger charge is -2.16. The minimum atomic E-state index is -0.779. The average molecular weight is 250 g/mol. The summed E-state index contributed by atoms with van der Waals surface area (Å²) in [5, 5.41) is 8.54. The van der Waals surface area contributed by atoms with E-state index in [1.165, 1.54) is 0 Å². The number of hydrogen-bond acceptors (Lipinski definition) is 3. The van der Waals surface area contributed by atoms with E-state index >= 15 is 0 Å². The number of aliphatic carboxylic acids is 1. The van der Waals surface area contributed by atoms with Gasteiger partial charge in [0.25, 0.3) is 0 Å². The molecular weight excluding hydrogens is 232 g/mol. The van der Waals surface area contributed by atoms with Crippen LogP contribution in [0.1, 0.15) is 28.8 Å². The number of rotatable bonds is 7. The predicted octanol–water partition coefficient (Wildman–Crippen LogP) is 1.08. The van der Waals surface area contributed by atoms with Gasteiger partial charge >= 0.3 is 5.97 Å². The second-order valence-electron chi connectivity index (χ2n) is 4.30. The molecule has 0 fully saturated rings. The summed E-state index contributed by atoms with van der Waals surface area (Å²) >= 11 is 0. The molecule has 0 heterocycles. The van der Waals surface area contributed by atoms with Crippen LogP contribution >= 0.6 is 0 Å². The minimum absolute atomic E-state index is 0.172. The third kappa shape index (κ3) is 4.97. The molecule has 0 atom stereocenters. The normalized spacial score (nSPS) is 10.6. The van der Waals surface area contributed by atoms with Crippen molar-refractivity contribution in [2.24, 2.45) is 5.73 Å². The summed E-state index contributed by atoms with van der Waals surface area (Å²) in [5.41, 5.74) is 6.69. The van der Waals surface area contributed by atoms with Crippen LogP contribution < -0.4 is 5.73 Å². The molecule has 0 saturated carbocycles. The highest BCUT2D eigenvalue weighted by Crippen LogP contribution is 2.07. The number of nitrogens with two attached hydrogens (primary N) is 1. The van der Waals surface area contributed by atoms with Crippen LogP contribution in [0.25, 0.3) is 0 Å². The smallest absolute Gasteiger partial charge is 0.303 e. The molecule has 1 amide bonds. The molecule has 5 heteroatoms. The first-order chi connectivity index (χ1) is 8.49. The van der Waals surface area contributed by atoms with E-state index in [2.05, 4.69) is 0 Å². The fraction of sp³-hybridized carbons (Fsp3) is 0.385. The van der Waals surface area contributed by atoms with Gasteiger partial charge in [-0.2, -0.15) is 0 Å². The molecule has 3 N–H and O–H groups in total. The first-order valence-corrected chi connectivity index (χ1v) is 5.78. The molecule has 1 aromatic rings. The summed E-state index contributed by atoms with van der Waals surface area (Å²) < 4.78 is 0. The van der Waals surface area contributed by atoms with Gasteiger partial charge in [0.2, 0.25) is 5.91 Å². The van der Waals surface area contributed by atoms with Gasteiger partial charge in [0, 0.05) is 18.5 Å². The van der Waals surface area contributed by atoms with Crippen LogP contribution in [0.15, 0.2) is 24.3 Å². The van der Waals surface area contributed by atoms with Crippen LogP contribution in [0.4, 0.5) is 0 Å². The number of amides is 1. The minimum Gasteiger partial charge on any atom is -0.481 e. The van der Waals surface area contributed by atoms with Gasteiger partial charge in [0.05, 0.1) is 0 Å². The van der Waals surface area contributed by atoms with E-state index in [0.717, 1.165) is 5.56 Å². The molecular formula is C13H18N2O3. The molecule has 0 aliphatic carbocycles. The summed E-state index contributed by atoms with van der Waals surface area (Å²) in [6.07, 6.45) is 0.785. The Morgan fingerprint density at radius 1 is 1.39 bits per heavy atom. The fourth-order valence-corrected chi connectivity index (χ4v) is 1.71. The van der Waals surface area contributed by atoms with Crippen molar-refractivity contribution in [2.75, 3.05) is 13.6 Å². The van der Waals surface area contributed by atoms with Gasteiger partial charge < -0.3 is 15.7 Å². The number of hydrogen-bond donors (Lipinski definition) is 2. The van der Waals surface area contributed by atoms with Gasteiger partial charge in [-0.05, 0) is 37.7 Å². The number of carboxylic acid groups (broad SMARTS) is 1. The maximum absolute atomic E-state index is 11.0. The van der Waals surface area contributed by atoms with Crippen molar-refractivity contribution in [1.82, 2.24) is 4.90 Å².